The fourth-order valence-corrected chi connectivity index (χ4v) is 2.56. The zero-order chi connectivity index (χ0) is 9.26. The second-order valence-corrected chi connectivity index (χ2v) is 4.26. The Morgan fingerprint density at radius 3 is 3.00 bits per heavy atom. The molecule has 2 aromatic rings. The maximum absolute atomic E-state index is 8.61. The number of para-hydroxylation sites is 1. The van der Waals surface area contributed by atoms with Crippen molar-refractivity contribution < 1.29 is 0 Å². The summed E-state index contributed by atoms with van der Waals surface area (Å²) in [6.45, 7) is 0.336. The van der Waals surface area contributed by atoms with Crippen LogP contribution in [0.4, 0.5) is 0 Å². The first-order valence-electron chi connectivity index (χ1n) is 3.78. The minimum Gasteiger partial charge on any atom is -0.309 e. The summed E-state index contributed by atoms with van der Waals surface area (Å²) in [6, 6.07) is 10.0. The fourth-order valence-electron chi connectivity index (χ4n) is 1.23. The number of hydrogen-bond acceptors (Lipinski definition) is 3. The lowest BCUT2D eigenvalue weighted by molar-refractivity contribution is 0.870. The Kier molecular flexibility index (Phi) is 2.13. The van der Waals surface area contributed by atoms with Gasteiger partial charge in [0.05, 0.1) is 16.3 Å². The van der Waals surface area contributed by atoms with Crippen molar-refractivity contribution >= 4 is 33.8 Å². The highest BCUT2D eigenvalue weighted by atomic mass is 32.1. The van der Waals surface area contributed by atoms with Crippen molar-refractivity contribution in [2.75, 3.05) is 0 Å². The molecule has 0 atom stereocenters. The fraction of sp³-hybridized carbons (Fsp3) is 0.111. The Balaban J connectivity index is 2.80. The molecule has 64 valence electrons. The van der Waals surface area contributed by atoms with E-state index in [1.807, 2.05) is 28.8 Å². The van der Waals surface area contributed by atoms with Gasteiger partial charge in [0.1, 0.15) is 6.54 Å². The van der Waals surface area contributed by atoms with E-state index >= 15 is 0 Å². The van der Waals surface area contributed by atoms with Crippen LogP contribution in [0.25, 0.3) is 10.2 Å². The predicted octanol–water partition coefficient (Wildman–Crippen LogP) is 2.96. The molecular formula is C9H6N2S2. The van der Waals surface area contributed by atoms with E-state index in [9.17, 15) is 0 Å². The van der Waals surface area contributed by atoms with Gasteiger partial charge in [-0.05, 0) is 24.4 Å². The van der Waals surface area contributed by atoms with Crippen LogP contribution in [0.15, 0.2) is 24.3 Å². The lowest BCUT2D eigenvalue weighted by Gasteiger charge is -1.95. The first kappa shape index (κ1) is 8.42. The zero-order valence-electron chi connectivity index (χ0n) is 6.73. The van der Waals surface area contributed by atoms with Crippen molar-refractivity contribution in [3.63, 3.8) is 0 Å². The Hall–Kier alpha value is -1.18. The van der Waals surface area contributed by atoms with Crippen molar-refractivity contribution in [2.24, 2.45) is 0 Å². The summed E-state index contributed by atoms with van der Waals surface area (Å²) in [5.74, 6) is 0. The number of nitriles is 1. The summed E-state index contributed by atoms with van der Waals surface area (Å²) in [4.78, 5) is 0. The third kappa shape index (κ3) is 1.37. The molecule has 0 aliphatic carbocycles. The molecule has 0 radical (unpaired) electrons. The molecule has 0 fully saturated rings. The van der Waals surface area contributed by atoms with Gasteiger partial charge in [0.25, 0.3) is 0 Å². The normalized spacial score (nSPS) is 10.1. The van der Waals surface area contributed by atoms with Gasteiger partial charge >= 0.3 is 0 Å². The molecule has 2 nitrogen and oxygen atoms in total. The van der Waals surface area contributed by atoms with Crippen molar-refractivity contribution in [3.05, 3.63) is 28.2 Å². The Bertz CT molecular complexity index is 530. The van der Waals surface area contributed by atoms with Crippen molar-refractivity contribution in [1.29, 1.82) is 5.26 Å². The molecule has 0 bridgehead atoms. The lowest BCUT2D eigenvalue weighted by atomic mass is 10.3. The average Bonchev–Trinajstić information content (AvgIpc) is 2.44. The van der Waals surface area contributed by atoms with E-state index in [1.54, 1.807) is 11.3 Å². The van der Waals surface area contributed by atoms with Crippen LogP contribution in [0.5, 0.6) is 0 Å². The number of fused-ring (bicyclic) bond motifs is 1. The number of rotatable bonds is 1. The summed E-state index contributed by atoms with van der Waals surface area (Å²) in [6.07, 6.45) is 0. The van der Waals surface area contributed by atoms with Crippen LogP contribution in [0, 0.1) is 15.3 Å². The lowest BCUT2D eigenvalue weighted by Crippen LogP contribution is -1.93. The molecule has 0 saturated carbocycles. The van der Waals surface area contributed by atoms with Gasteiger partial charge in [0.2, 0.25) is 0 Å². The molecule has 0 saturated heterocycles. The summed E-state index contributed by atoms with van der Waals surface area (Å²) in [7, 11) is 0. The minimum absolute atomic E-state index is 0.336. The van der Waals surface area contributed by atoms with Gasteiger partial charge in [-0.25, -0.2) is 0 Å². The molecule has 0 unspecified atom stereocenters. The molecule has 1 aromatic heterocycles. The van der Waals surface area contributed by atoms with E-state index < -0.39 is 0 Å². The van der Waals surface area contributed by atoms with Crippen LogP contribution in [-0.4, -0.2) is 4.57 Å². The molecular weight excluding hydrogens is 200 g/mol. The third-order valence-electron chi connectivity index (χ3n) is 1.80. The van der Waals surface area contributed by atoms with Gasteiger partial charge in [-0.15, -0.1) is 11.3 Å². The largest absolute Gasteiger partial charge is 0.309 e. The second kappa shape index (κ2) is 3.29. The monoisotopic (exact) mass is 206 g/mol. The van der Waals surface area contributed by atoms with Gasteiger partial charge in [0.15, 0.2) is 3.95 Å². The molecule has 0 aliphatic heterocycles. The first-order valence-corrected chi connectivity index (χ1v) is 5.01. The van der Waals surface area contributed by atoms with E-state index in [0.717, 1.165) is 14.2 Å². The topological polar surface area (TPSA) is 28.7 Å². The van der Waals surface area contributed by atoms with E-state index in [4.69, 9.17) is 17.5 Å². The Morgan fingerprint density at radius 2 is 2.23 bits per heavy atom. The first-order chi connectivity index (χ1) is 6.33. The zero-order valence-corrected chi connectivity index (χ0v) is 8.36. The molecule has 0 aliphatic rings. The van der Waals surface area contributed by atoms with Gasteiger partial charge in [-0.2, -0.15) is 5.26 Å². The van der Waals surface area contributed by atoms with Crippen molar-refractivity contribution in [3.8, 4) is 6.07 Å². The van der Waals surface area contributed by atoms with Crippen molar-refractivity contribution in [1.82, 2.24) is 4.57 Å². The van der Waals surface area contributed by atoms with Crippen LogP contribution in [-0.2, 0) is 6.54 Å². The summed E-state index contributed by atoms with van der Waals surface area (Å²) < 4.78 is 3.76. The summed E-state index contributed by atoms with van der Waals surface area (Å²) in [5.41, 5.74) is 1.05. The van der Waals surface area contributed by atoms with Crippen LogP contribution < -0.4 is 0 Å². The SMILES string of the molecule is N#CCn1c(=S)sc2ccccc21. The maximum atomic E-state index is 8.61. The van der Waals surface area contributed by atoms with E-state index in [1.165, 1.54) is 0 Å². The maximum Gasteiger partial charge on any atom is 0.163 e. The number of hydrogen-bond donors (Lipinski definition) is 0. The number of nitrogens with zero attached hydrogens (tertiary/aromatic N) is 2. The number of aromatic nitrogens is 1. The van der Waals surface area contributed by atoms with Crippen LogP contribution in [0.3, 0.4) is 0 Å². The highest BCUT2D eigenvalue weighted by molar-refractivity contribution is 7.73. The second-order valence-electron chi connectivity index (χ2n) is 2.58. The number of thiazole rings is 1. The average molecular weight is 206 g/mol. The molecule has 4 heteroatoms. The summed E-state index contributed by atoms with van der Waals surface area (Å²) in [5, 5.41) is 8.61. The quantitative estimate of drug-likeness (QED) is 0.671. The van der Waals surface area contributed by atoms with E-state index in [2.05, 4.69) is 6.07 Å². The highest BCUT2D eigenvalue weighted by Crippen LogP contribution is 2.22. The van der Waals surface area contributed by atoms with Gasteiger partial charge in [-0.3, -0.25) is 0 Å². The van der Waals surface area contributed by atoms with Crippen LogP contribution in [0.2, 0.25) is 0 Å². The summed E-state index contributed by atoms with van der Waals surface area (Å²) >= 11 is 6.69. The Morgan fingerprint density at radius 1 is 1.46 bits per heavy atom. The molecule has 1 aromatic carbocycles. The molecule has 2 rings (SSSR count). The molecule has 1 heterocycles. The van der Waals surface area contributed by atoms with E-state index in [-0.39, 0.29) is 0 Å². The molecule has 0 N–H and O–H groups in total. The van der Waals surface area contributed by atoms with E-state index in [0.29, 0.717) is 6.54 Å². The van der Waals surface area contributed by atoms with Crippen LogP contribution in [0.1, 0.15) is 0 Å². The van der Waals surface area contributed by atoms with Gasteiger partial charge in [-0.1, -0.05) is 12.1 Å². The number of benzene rings is 1. The molecule has 0 amide bonds. The van der Waals surface area contributed by atoms with Gasteiger partial charge in [0, 0.05) is 0 Å². The highest BCUT2D eigenvalue weighted by Gasteiger charge is 2.02. The Labute approximate surface area is 84.7 Å². The predicted molar refractivity (Wildman–Crippen MR) is 56.3 cm³/mol. The molecule has 13 heavy (non-hydrogen) atoms. The standard InChI is InChI=1S/C9H6N2S2/c10-5-6-11-7-3-1-2-4-8(7)13-9(11)12/h1-4H,6H2. The molecule has 0 spiro atoms. The smallest absolute Gasteiger partial charge is 0.163 e. The van der Waals surface area contributed by atoms with Crippen LogP contribution >= 0.6 is 23.6 Å². The third-order valence-corrected chi connectivity index (χ3v) is 3.23. The minimum atomic E-state index is 0.336. The van der Waals surface area contributed by atoms with Crippen molar-refractivity contribution in [2.45, 2.75) is 6.54 Å². The van der Waals surface area contributed by atoms with Gasteiger partial charge < -0.3 is 4.57 Å².